The minimum atomic E-state index is 0.719. The molecule has 0 aliphatic rings. The standard InChI is InChI=1S/C10H13NO/c1-3-8(2)12-10-6-4-5-9(11)7-10/h3-7H,11H2,1-2H3. The van der Waals surface area contributed by atoms with E-state index in [2.05, 4.69) is 0 Å². The van der Waals surface area contributed by atoms with Crippen LogP contribution in [0.2, 0.25) is 0 Å². The van der Waals surface area contributed by atoms with E-state index in [0.29, 0.717) is 0 Å². The summed E-state index contributed by atoms with van der Waals surface area (Å²) >= 11 is 0. The van der Waals surface area contributed by atoms with Crippen LogP contribution in [0, 0.1) is 0 Å². The largest absolute Gasteiger partial charge is 0.462 e. The number of nitrogens with two attached hydrogens (primary N) is 1. The van der Waals surface area contributed by atoms with Crippen LogP contribution in [0.15, 0.2) is 36.1 Å². The van der Waals surface area contributed by atoms with Crippen LogP contribution in [0.4, 0.5) is 5.69 Å². The summed E-state index contributed by atoms with van der Waals surface area (Å²) in [6.07, 6.45) is 1.91. The second-order valence-electron chi connectivity index (χ2n) is 2.57. The summed E-state index contributed by atoms with van der Waals surface area (Å²) in [5.74, 6) is 1.66. The second-order valence-corrected chi connectivity index (χ2v) is 2.57. The Kier molecular flexibility index (Phi) is 2.75. The molecule has 1 rings (SSSR count). The topological polar surface area (TPSA) is 35.2 Å². The van der Waals surface area contributed by atoms with Gasteiger partial charge in [0.1, 0.15) is 5.75 Å². The third-order valence-corrected chi connectivity index (χ3v) is 1.54. The molecule has 2 N–H and O–H groups in total. The van der Waals surface area contributed by atoms with Crippen molar-refractivity contribution in [3.8, 4) is 5.75 Å². The molecular weight excluding hydrogens is 150 g/mol. The molecule has 0 radical (unpaired) electrons. The van der Waals surface area contributed by atoms with E-state index in [1.54, 1.807) is 6.07 Å². The van der Waals surface area contributed by atoms with Gasteiger partial charge in [-0.25, -0.2) is 0 Å². The number of benzene rings is 1. The van der Waals surface area contributed by atoms with Gasteiger partial charge in [0, 0.05) is 11.8 Å². The molecule has 0 fully saturated rings. The van der Waals surface area contributed by atoms with Gasteiger partial charge < -0.3 is 10.5 Å². The van der Waals surface area contributed by atoms with E-state index in [4.69, 9.17) is 10.5 Å². The highest BCUT2D eigenvalue weighted by Crippen LogP contribution is 2.16. The first-order chi connectivity index (χ1) is 5.72. The van der Waals surface area contributed by atoms with E-state index < -0.39 is 0 Å². The van der Waals surface area contributed by atoms with Gasteiger partial charge in [-0.05, 0) is 32.1 Å². The summed E-state index contributed by atoms with van der Waals surface area (Å²) < 4.78 is 5.43. The maximum Gasteiger partial charge on any atom is 0.128 e. The third kappa shape index (κ3) is 2.31. The van der Waals surface area contributed by atoms with Crippen molar-refractivity contribution in [2.24, 2.45) is 0 Å². The fraction of sp³-hybridized carbons (Fsp3) is 0.200. The van der Waals surface area contributed by atoms with Gasteiger partial charge in [0.05, 0.1) is 5.76 Å². The number of ether oxygens (including phenoxy) is 1. The summed E-state index contributed by atoms with van der Waals surface area (Å²) in [4.78, 5) is 0. The maximum atomic E-state index is 5.58. The molecule has 1 aromatic rings. The molecule has 1 aromatic carbocycles. The number of anilines is 1. The Balaban J connectivity index is 2.76. The first-order valence-corrected chi connectivity index (χ1v) is 3.88. The van der Waals surface area contributed by atoms with Crippen LogP contribution < -0.4 is 10.5 Å². The van der Waals surface area contributed by atoms with Gasteiger partial charge in [-0.2, -0.15) is 0 Å². The monoisotopic (exact) mass is 163 g/mol. The number of allylic oxidation sites excluding steroid dienone is 2. The van der Waals surface area contributed by atoms with Gasteiger partial charge in [-0.3, -0.25) is 0 Å². The molecule has 12 heavy (non-hydrogen) atoms. The molecule has 2 nitrogen and oxygen atoms in total. The zero-order valence-electron chi connectivity index (χ0n) is 7.37. The summed E-state index contributed by atoms with van der Waals surface area (Å²) in [6.45, 7) is 3.84. The molecule has 0 aliphatic carbocycles. The summed E-state index contributed by atoms with van der Waals surface area (Å²) in [7, 11) is 0. The van der Waals surface area contributed by atoms with Crippen molar-refractivity contribution in [1.29, 1.82) is 0 Å². The molecule has 64 valence electrons. The summed E-state index contributed by atoms with van der Waals surface area (Å²) in [5, 5.41) is 0. The van der Waals surface area contributed by atoms with Crippen LogP contribution in [0.3, 0.4) is 0 Å². The Morgan fingerprint density at radius 2 is 2.25 bits per heavy atom. The predicted octanol–water partition coefficient (Wildman–Crippen LogP) is 2.57. The molecule has 0 bridgehead atoms. The highest BCUT2D eigenvalue weighted by molar-refractivity contribution is 5.43. The zero-order valence-corrected chi connectivity index (χ0v) is 7.37. The average Bonchev–Trinajstić information content (AvgIpc) is 2.04. The minimum absolute atomic E-state index is 0.719. The van der Waals surface area contributed by atoms with Crippen molar-refractivity contribution in [3.05, 3.63) is 36.1 Å². The molecule has 0 spiro atoms. The van der Waals surface area contributed by atoms with Crippen molar-refractivity contribution in [1.82, 2.24) is 0 Å². The SMILES string of the molecule is CC=C(C)Oc1cccc(N)c1. The molecule has 0 saturated carbocycles. The molecule has 0 unspecified atom stereocenters. The van der Waals surface area contributed by atoms with E-state index in [-0.39, 0.29) is 0 Å². The average molecular weight is 163 g/mol. The molecule has 0 heterocycles. The van der Waals surface area contributed by atoms with Crippen LogP contribution in [0.5, 0.6) is 5.75 Å². The van der Waals surface area contributed by atoms with E-state index in [0.717, 1.165) is 17.2 Å². The highest BCUT2D eigenvalue weighted by atomic mass is 16.5. The van der Waals surface area contributed by atoms with Crippen LogP contribution in [0.25, 0.3) is 0 Å². The fourth-order valence-corrected chi connectivity index (χ4v) is 0.823. The van der Waals surface area contributed by atoms with Gasteiger partial charge in [-0.1, -0.05) is 6.07 Å². The van der Waals surface area contributed by atoms with E-state index in [1.807, 2.05) is 38.1 Å². The Morgan fingerprint density at radius 3 is 2.83 bits per heavy atom. The lowest BCUT2D eigenvalue weighted by molar-refractivity contribution is 0.427. The quantitative estimate of drug-likeness (QED) is 0.537. The third-order valence-electron chi connectivity index (χ3n) is 1.54. The fourth-order valence-electron chi connectivity index (χ4n) is 0.823. The van der Waals surface area contributed by atoms with Crippen molar-refractivity contribution in [2.45, 2.75) is 13.8 Å². The summed E-state index contributed by atoms with van der Waals surface area (Å²) in [6, 6.07) is 7.38. The molecule has 0 amide bonds. The lowest BCUT2D eigenvalue weighted by atomic mass is 10.3. The minimum Gasteiger partial charge on any atom is -0.462 e. The lowest BCUT2D eigenvalue weighted by Gasteiger charge is -2.04. The number of nitrogen functional groups attached to an aromatic ring is 1. The van der Waals surface area contributed by atoms with Gasteiger partial charge in [0.25, 0.3) is 0 Å². The lowest BCUT2D eigenvalue weighted by Crippen LogP contribution is -1.91. The van der Waals surface area contributed by atoms with E-state index in [9.17, 15) is 0 Å². The predicted molar refractivity (Wildman–Crippen MR) is 50.9 cm³/mol. The van der Waals surface area contributed by atoms with E-state index >= 15 is 0 Å². The Morgan fingerprint density at radius 1 is 1.50 bits per heavy atom. The highest BCUT2D eigenvalue weighted by Gasteiger charge is 1.93. The number of hydrogen-bond acceptors (Lipinski definition) is 2. The molecule has 0 aromatic heterocycles. The smallest absolute Gasteiger partial charge is 0.128 e. The van der Waals surface area contributed by atoms with Gasteiger partial charge in [0.2, 0.25) is 0 Å². The van der Waals surface area contributed by atoms with Gasteiger partial charge in [-0.15, -0.1) is 0 Å². The van der Waals surface area contributed by atoms with Crippen LogP contribution in [0.1, 0.15) is 13.8 Å². The normalized spacial score (nSPS) is 11.3. The summed E-state index contributed by atoms with van der Waals surface area (Å²) in [5.41, 5.74) is 6.30. The van der Waals surface area contributed by atoms with E-state index in [1.165, 1.54) is 0 Å². The first kappa shape index (κ1) is 8.65. The molecule has 0 saturated heterocycles. The maximum absolute atomic E-state index is 5.58. The van der Waals surface area contributed by atoms with Crippen molar-refractivity contribution in [3.63, 3.8) is 0 Å². The van der Waals surface area contributed by atoms with Crippen molar-refractivity contribution in [2.75, 3.05) is 5.73 Å². The number of hydrogen-bond donors (Lipinski definition) is 1. The molecule has 0 aliphatic heterocycles. The number of rotatable bonds is 2. The van der Waals surface area contributed by atoms with Gasteiger partial charge in [0.15, 0.2) is 0 Å². The molecular formula is C10H13NO. The van der Waals surface area contributed by atoms with Crippen LogP contribution >= 0.6 is 0 Å². The molecule has 2 heteroatoms. The van der Waals surface area contributed by atoms with Crippen molar-refractivity contribution >= 4 is 5.69 Å². The van der Waals surface area contributed by atoms with Gasteiger partial charge >= 0.3 is 0 Å². The van der Waals surface area contributed by atoms with Crippen molar-refractivity contribution < 1.29 is 4.74 Å². The Bertz CT molecular complexity index is 292. The second kappa shape index (κ2) is 3.81. The Hall–Kier alpha value is -1.44. The Labute approximate surface area is 72.7 Å². The zero-order chi connectivity index (χ0) is 8.97. The molecule has 0 atom stereocenters. The van der Waals surface area contributed by atoms with Crippen LogP contribution in [-0.4, -0.2) is 0 Å². The van der Waals surface area contributed by atoms with Crippen LogP contribution in [-0.2, 0) is 0 Å². The first-order valence-electron chi connectivity index (χ1n) is 3.88.